The Bertz CT molecular complexity index is 551. The summed E-state index contributed by atoms with van der Waals surface area (Å²) >= 11 is 0. The molecule has 1 aliphatic rings. The van der Waals surface area contributed by atoms with Gasteiger partial charge in [-0.25, -0.2) is 0 Å². The number of anilines is 1. The van der Waals surface area contributed by atoms with Gasteiger partial charge in [-0.2, -0.15) is 5.26 Å². The van der Waals surface area contributed by atoms with Crippen LogP contribution < -0.4 is 4.90 Å². The summed E-state index contributed by atoms with van der Waals surface area (Å²) in [6.45, 7) is 2.87. The first-order valence-electron chi connectivity index (χ1n) is 6.15. The van der Waals surface area contributed by atoms with Gasteiger partial charge in [-0.15, -0.1) is 0 Å². The maximum absolute atomic E-state index is 11.0. The molecule has 6 nitrogen and oxygen atoms in total. The minimum Gasteiger partial charge on any atom is -0.391 e. The Kier molecular flexibility index (Phi) is 3.67. The Morgan fingerprint density at radius 1 is 1.58 bits per heavy atom. The molecule has 1 heterocycles. The zero-order valence-electron chi connectivity index (χ0n) is 10.7. The number of nitro benzene ring substituents is 1. The highest BCUT2D eigenvalue weighted by molar-refractivity contribution is 5.65. The van der Waals surface area contributed by atoms with Gasteiger partial charge in [0.1, 0.15) is 0 Å². The Labute approximate surface area is 111 Å². The number of aliphatic hydroxyl groups excluding tert-OH is 1. The number of benzene rings is 1. The van der Waals surface area contributed by atoms with Gasteiger partial charge >= 0.3 is 0 Å². The van der Waals surface area contributed by atoms with Crippen LogP contribution in [0.1, 0.15) is 24.0 Å². The molecule has 1 atom stereocenters. The number of hydrogen-bond acceptors (Lipinski definition) is 5. The van der Waals surface area contributed by atoms with E-state index >= 15 is 0 Å². The predicted octanol–water partition coefficient (Wildman–Crippen LogP) is 1.74. The number of nitriles is 1. The fourth-order valence-electron chi connectivity index (χ4n) is 2.44. The molecule has 0 bridgehead atoms. The molecular formula is C13H15N3O3. The molecule has 1 aromatic rings. The van der Waals surface area contributed by atoms with E-state index in [-0.39, 0.29) is 11.3 Å². The van der Waals surface area contributed by atoms with E-state index in [4.69, 9.17) is 5.26 Å². The van der Waals surface area contributed by atoms with Crippen molar-refractivity contribution in [3.05, 3.63) is 33.4 Å². The summed E-state index contributed by atoms with van der Waals surface area (Å²) in [4.78, 5) is 12.5. The molecular weight excluding hydrogens is 246 g/mol. The minimum absolute atomic E-state index is 0.0471. The quantitative estimate of drug-likeness (QED) is 0.646. The van der Waals surface area contributed by atoms with E-state index in [1.807, 2.05) is 11.0 Å². The number of aliphatic hydroxyl groups is 1. The third kappa shape index (κ3) is 2.66. The fraction of sp³-hybridized carbons (Fsp3) is 0.462. The van der Waals surface area contributed by atoms with Crippen LogP contribution in [0.25, 0.3) is 0 Å². The van der Waals surface area contributed by atoms with Gasteiger partial charge in [0.05, 0.1) is 28.2 Å². The van der Waals surface area contributed by atoms with E-state index in [1.165, 1.54) is 6.07 Å². The van der Waals surface area contributed by atoms with Crippen LogP contribution in [0.15, 0.2) is 12.1 Å². The van der Waals surface area contributed by atoms with E-state index in [0.717, 1.165) is 19.4 Å². The van der Waals surface area contributed by atoms with Gasteiger partial charge in [-0.1, -0.05) is 0 Å². The monoisotopic (exact) mass is 261 g/mol. The molecule has 0 aromatic heterocycles. The van der Waals surface area contributed by atoms with Crippen molar-refractivity contribution < 1.29 is 10.0 Å². The van der Waals surface area contributed by atoms with Crippen molar-refractivity contribution in [2.75, 3.05) is 18.0 Å². The van der Waals surface area contributed by atoms with Crippen LogP contribution in [0.2, 0.25) is 0 Å². The highest BCUT2D eigenvalue weighted by atomic mass is 16.6. The number of nitro groups is 1. The van der Waals surface area contributed by atoms with Crippen molar-refractivity contribution in [3.63, 3.8) is 0 Å². The summed E-state index contributed by atoms with van der Waals surface area (Å²) in [6, 6.07) is 4.89. The highest BCUT2D eigenvalue weighted by Crippen LogP contribution is 2.31. The molecule has 0 radical (unpaired) electrons. The molecule has 6 heteroatoms. The molecule has 0 saturated carbocycles. The van der Waals surface area contributed by atoms with Crippen molar-refractivity contribution in [2.45, 2.75) is 25.9 Å². The first-order valence-corrected chi connectivity index (χ1v) is 6.15. The van der Waals surface area contributed by atoms with Crippen molar-refractivity contribution in [1.29, 1.82) is 5.26 Å². The molecule has 1 aliphatic heterocycles. The van der Waals surface area contributed by atoms with Gasteiger partial charge in [-0.3, -0.25) is 10.1 Å². The van der Waals surface area contributed by atoms with E-state index < -0.39 is 11.0 Å². The number of β-amino-alcohol motifs (C(OH)–C–C–N with tert-alkyl or cyclic N) is 1. The van der Waals surface area contributed by atoms with Crippen LogP contribution in [-0.2, 0) is 0 Å². The second-order valence-corrected chi connectivity index (χ2v) is 4.75. The first-order chi connectivity index (χ1) is 9.02. The lowest BCUT2D eigenvalue weighted by Crippen LogP contribution is -2.38. The van der Waals surface area contributed by atoms with Gasteiger partial charge in [0.2, 0.25) is 0 Å². The molecule has 1 saturated heterocycles. The summed E-state index contributed by atoms with van der Waals surface area (Å²) in [5.41, 5.74) is 1.43. The van der Waals surface area contributed by atoms with Crippen LogP contribution in [0.4, 0.5) is 11.4 Å². The van der Waals surface area contributed by atoms with Gasteiger partial charge in [0, 0.05) is 24.8 Å². The zero-order chi connectivity index (χ0) is 14.0. The van der Waals surface area contributed by atoms with Crippen molar-refractivity contribution in [3.8, 4) is 6.07 Å². The lowest BCUT2D eigenvalue weighted by atomic mass is 10.0. The Morgan fingerprint density at radius 3 is 2.89 bits per heavy atom. The average molecular weight is 261 g/mol. The second-order valence-electron chi connectivity index (χ2n) is 4.75. The summed E-state index contributed by atoms with van der Waals surface area (Å²) in [7, 11) is 0. The van der Waals surface area contributed by atoms with Crippen LogP contribution in [-0.4, -0.2) is 29.2 Å². The maximum atomic E-state index is 11.0. The number of nitrogens with zero attached hydrogens (tertiary/aromatic N) is 3. The van der Waals surface area contributed by atoms with Crippen LogP contribution in [0, 0.1) is 28.4 Å². The van der Waals surface area contributed by atoms with Gasteiger partial charge in [-0.05, 0) is 25.8 Å². The lowest BCUT2D eigenvalue weighted by Gasteiger charge is -2.32. The molecule has 100 valence electrons. The molecule has 0 unspecified atom stereocenters. The number of piperidine rings is 1. The van der Waals surface area contributed by atoms with Gasteiger partial charge < -0.3 is 10.0 Å². The summed E-state index contributed by atoms with van der Waals surface area (Å²) in [6.07, 6.45) is 1.17. The first kappa shape index (κ1) is 13.3. The zero-order valence-corrected chi connectivity index (χ0v) is 10.7. The van der Waals surface area contributed by atoms with E-state index in [9.17, 15) is 15.2 Å². The molecule has 2 rings (SSSR count). The van der Waals surface area contributed by atoms with Crippen molar-refractivity contribution in [2.24, 2.45) is 0 Å². The lowest BCUT2D eigenvalue weighted by molar-refractivity contribution is -0.385. The van der Waals surface area contributed by atoms with E-state index in [0.29, 0.717) is 17.8 Å². The summed E-state index contributed by atoms with van der Waals surface area (Å²) < 4.78 is 0. The second kappa shape index (κ2) is 5.24. The molecule has 1 fully saturated rings. The molecule has 19 heavy (non-hydrogen) atoms. The summed E-state index contributed by atoms with van der Waals surface area (Å²) in [5.74, 6) is 0. The number of hydrogen-bond donors (Lipinski definition) is 1. The van der Waals surface area contributed by atoms with Gasteiger partial charge in [0.25, 0.3) is 5.69 Å². The Balaban J connectivity index is 2.47. The van der Waals surface area contributed by atoms with Crippen molar-refractivity contribution >= 4 is 11.4 Å². The molecule has 1 aromatic carbocycles. The van der Waals surface area contributed by atoms with E-state index in [2.05, 4.69) is 0 Å². The SMILES string of the molecule is Cc1c(N2CCC[C@H](O)C2)cc(C#N)cc1[N+](=O)[O-]. The number of rotatable bonds is 2. The average Bonchev–Trinajstić information content (AvgIpc) is 2.38. The fourth-order valence-corrected chi connectivity index (χ4v) is 2.44. The third-order valence-electron chi connectivity index (χ3n) is 3.42. The minimum atomic E-state index is -0.472. The molecule has 1 N–H and O–H groups in total. The van der Waals surface area contributed by atoms with Crippen molar-refractivity contribution in [1.82, 2.24) is 0 Å². The Morgan fingerprint density at radius 2 is 2.32 bits per heavy atom. The van der Waals surface area contributed by atoms with E-state index in [1.54, 1.807) is 13.0 Å². The van der Waals surface area contributed by atoms with Gasteiger partial charge in [0.15, 0.2) is 0 Å². The highest BCUT2D eigenvalue weighted by Gasteiger charge is 2.23. The summed E-state index contributed by atoms with van der Waals surface area (Å²) in [5, 5.41) is 29.7. The van der Waals surface area contributed by atoms with Crippen LogP contribution >= 0.6 is 0 Å². The standard InChI is InChI=1S/C13H15N3O3/c1-9-12(15-4-2-3-11(17)8-15)5-10(7-14)6-13(9)16(18)19/h5-6,11,17H,2-4,8H2,1H3/t11-/m0/s1. The molecule has 0 spiro atoms. The topological polar surface area (TPSA) is 90.4 Å². The van der Waals surface area contributed by atoms with Crippen LogP contribution in [0.3, 0.4) is 0 Å². The predicted molar refractivity (Wildman–Crippen MR) is 70.0 cm³/mol. The Hall–Kier alpha value is -2.13. The largest absolute Gasteiger partial charge is 0.391 e. The smallest absolute Gasteiger partial charge is 0.275 e. The van der Waals surface area contributed by atoms with Crippen LogP contribution in [0.5, 0.6) is 0 Å². The normalized spacial score (nSPS) is 19.0. The molecule has 0 amide bonds. The molecule has 0 aliphatic carbocycles. The maximum Gasteiger partial charge on any atom is 0.275 e. The third-order valence-corrected chi connectivity index (χ3v) is 3.42.